The largest absolute Gasteiger partial charge is 0.370 e. The highest BCUT2D eigenvalue weighted by Gasteiger charge is 2.06. The Morgan fingerprint density at radius 1 is 1.44 bits per heavy atom. The molecule has 1 aromatic heterocycles. The zero-order chi connectivity index (χ0) is 12.0. The molecular formula is C12H19N3O. The molecule has 0 spiro atoms. The molecule has 16 heavy (non-hydrogen) atoms. The van der Waals surface area contributed by atoms with Crippen LogP contribution in [0.1, 0.15) is 37.6 Å². The van der Waals surface area contributed by atoms with Gasteiger partial charge in [-0.1, -0.05) is 6.92 Å². The molecule has 0 saturated heterocycles. The van der Waals surface area contributed by atoms with Gasteiger partial charge in [-0.3, -0.25) is 4.79 Å². The Morgan fingerprint density at radius 3 is 2.69 bits per heavy atom. The van der Waals surface area contributed by atoms with Crippen molar-refractivity contribution in [3.8, 4) is 0 Å². The summed E-state index contributed by atoms with van der Waals surface area (Å²) in [5.41, 5.74) is 0.593. The third kappa shape index (κ3) is 3.88. The second kappa shape index (κ2) is 6.10. The molecule has 4 heteroatoms. The Morgan fingerprint density at radius 2 is 2.19 bits per heavy atom. The molecule has 0 atom stereocenters. The van der Waals surface area contributed by atoms with E-state index in [4.69, 9.17) is 0 Å². The summed E-state index contributed by atoms with van der Waals surface area (Å²) >= 11 is 0. The third-order valence-electron chi connectivity index (χ3n) is 2.00. The highest BCUT2D eigenvalue weighted by Crippen LogP contribution is 2.05. The van der Waals surface area contributed by atoms with Crippen LogP contribution < -0.4 is 10.6 Å². The number of hydrogen-bond donors (Lipinski definition) is 2. The van der Waals surface area contributed by atoms with E-state index in [2.05, 4.69) is 22.5 Å². The van der Waals surface area contributed by atoms with E-state index in [0.717, 1.165) is 18.8 Å². The van der Waals surface area contributed by atoms with Gasteiger partial charge in [-0.05, 0) is 32.4 Å². The molecule has 4 nitrogen and oxygen atoms in total. The van der Waals surface area contributed by atoms with E-state index in [9.17, 15) is 4.79 Å². The molecule has 0 aliphatic heterocycles. The molecule has 1 heterocycles. The zero-order valence-corrected chi connectivity index (χ0v) is 10.1. The van der Waals surface area contributed by atoms with E-state index in [-0.39, 0.29) is 11.9 Å². The molecule has 0 bridgehead atoms. The fourth-order valence-corrected chi connectivity index (χ4v) is 1.23. The van der Waals surface area contributed by atoms with Crippen molar-refractivity contribution in [3.63, 3.8) is 0 Å². The summed E-state index contributed by atoms with van der Waals surface area (Å²) in [5, 5.41) is 5.98. The van der Waals surface area contributed by atoms with Crippen molar-refractivity contribution in [2.75, 3.05) is 11.9 Å². The van der Waals surface area contributed by atoms with Crippen molar-refractivity contribution in [1.82, 2.24) is 10.3 Å². The number of carbonyl (C=O) groups is 1. The molecule has 1 rings (SSSR count). The molecular weight excluding hydrogens is 202 g/mol. The molecule has 0 aliphatic rings. The standard InChI is InChI=1S/C12H19N3O/c1-4-7-13-11-6-5-10(8-14-11)12(16)15-9(2)3/h5-6,8-9H,4,7H2,1-3H3,(H,13,14)(H,15,16). The van der Waals surface area contributed by atoms with E-state index >= 15 is 0 Å². The lowest BCUT2D eigenvalue weighted by Gasteiger charge is -2.08. The van der Waals surface area contributed by atoms with Crippen LogP contribution in [0.15, 0.2) is 18.3 Å². The van der Waals surface area contributed by atoms with Gasteiger partial charge in [-0.2, -0.15) is 0 Å². The van der Waals surface area contributed by atoms with Crippen LogP contribution in [0.5, 0.6) is 0 Å². The molecule has 0 saturated carbocycles. The highest BCUT2D eigenvalue weighted by atomic mass is 16.1. The van der Waals surface area contributed by atoms with Gasteiger partial charge in [-0.15, -0.1) is 0 Å². The van der Waals surface area contributed by atoms with Crippen molar-refractivity contribution in [2.24, 2.45) is 0 Å². The van der Waals surface area contributed by atoms with Crippen LogP contribution >= 0.6 is 0 Å². The topological polar surface area (TPSA) is 54.0 Å². The Labute approximate surface area is 96.5 Å². The van der Waals surface area contributed by atoms with Crippen molar-refractivity contribution in [2.45, 2.75) is 33.2 Å². The van der Waals surface area contributed by atoms with Gasteiger partial charge >= 0.3 is 0 Å². The minimum atomic E-state index is -0.0791. The summed E-state index contributed by atoms with van der Waals surface area (Å²) < 4.78 is 0. The molecule has 88 valence electrons. The predicted molar refractivity (Wildman–Crippen MR) is 65.6 cm³/mol. The predicted octanol–water partition coefficient (Wildman–Crippen LogP) is 2.04. The van der Waals surface area contributed by atoms with E-state index in [1.54, 1.807) is 12.3 Å². The molecule has 1 amide bonds. The average molecular weight is 221 g/mol. The summed E-state index contributed by atoms with van der Waals surface area (Å²) in [6.07, 6.45) is 2.65. The van der Waals surface area contributed by atoms with Crippen LogP contribution in [-0.4, -0.2) is 23.5 Å². The molecule has 0 radical (unpaired) electrons. The van der Waals surface area contributed by atoms with Crippen LogP contribution in [0, 0.1) is 0 Å². The minimum absolute atomic E-state index is 0.0791. The first-order valence-electron chi connectivity index (χ1n) is 5.64. The fourth-order valence-electron chi connectivity index (χ4n) is 1.23. The first kappa shape index (κ1) is 12.5. The highest BCUT2D eigenvalue weighted by molar-refractivity contribution is 5.94. The molecule has 2 N–H and O–H groups in total. The van der Waals surface area contributed by atoms with Crippen molar-refractivity contribution < 1.29 is 4.79 Å². The smallest absolute Gasteiger partial charge is 0.253 e. The number of amides is 1. The Bertz CT molecular complexity index is 333. The lowest BCUT2D eigenvalue weighted by molar-refractivity contribution is 0.0943. The summed E-state index contributed by atoms with van der Waals surface area (Å²) in [7, 11) is 0. The van der Waals surface area contributed by atoms with Crippen LogP contribution in [-0.2, 0) is 0 Å². The number of rotatable bonds is 5. The first-order chi connectivity index (χ1) is 7.63. The van der Waals surface area contributed by atoms with E-state index in [1.165, 1.54) is 0 Å². The summed E-state index contributed by atoms with van der Waals surface area (Å²) in [6.45, 7) is 6.85. The second-order valence-corrected chi connectivity index (χ2v) is 3.99. The normalized spacial score (nSPS) is 10.2. The number of hydrogen-bond acceptors (Lipinski definition) is 3. The van der Waals surface area contributed by atoms with Gasteiger partial charge in [0.15, 0.2) is 0 Å². The average Bonchev–Trinajstić information content (AvgIpc) is 2.26. The van der Waals surface area contributed by atoms with Gasteiger partial charge in [0, 0.05) is 18.8 Å². The quantitative estimate of drug-likeness (QED) is 0.800. The Balaban J connectivity index is 2.60. The summed E-state index contributed by atoms with van der Waals surface area (Å²) in [5.74, 6) is 0.729. The molecule has 0 fully saturated rings. The monoisotopic (exact) mass is 221 g/mol. The molecule has 0 aliphatic carbocycles. The van der Waals surface area contributed by atoms with Crippen LogP contribution in [0.4, 0.5) is 5.82 Å². The second-order valence-electron chi connectivity index (χ2n) is 3.99. The lowest BCUT2D eigenvalue weighted by Crippen LogP contribution is -2.30. The van der Waals surface area contributed by atoms with Crippen LogP contribution in [0.3, 0.4) is 0 Å². The minimum Gasteiger partial charge on any atom is -0.370 e. The van der Waals surface area contributed by atoms with Gasteiger partial charge in [0.05, 0.1) is 5.56 Å². The number of nitrogens with zero attached hydrogens (tertiary/aromatic N) is 1. The number of carbonyl (C=O) groups excluding carboxylic acids is 1. The van der Waals surface area contributed by atoms with Crippen molar-refractivity contribution in [1.29, 1.82) is 0 Å². The van der Waals surface area contributed by atoms with Crippen LogP contribution in [0.25, 0.3) is 0 Å². The van der Waals surface area contributed by atoms with Crippen molar-refractivity contribution >= 4 is 11.7 Å². The maximum absolute atomic E-state index is 11.6. The first-order valence-corrected chi connectivity index (χ1v) is 5.64. The van der Waals surface area contributed by atoms with E-state index < -0.39 is 0 Å². The van der Waals surface area contributed by atoms with E-state index in [1.807, 2.05) is 19.9 Å². The van der Waals surface area contributed by atoms with Gasteiger partial charge in [-0.25, -0.2) is 4.98 Å². The third-order valence-corrected chi connectivity index (χ3v) is 2.00. The van der Waals surface area contributed by atoms with Crippen molar-refractivity contribution in [3.05, 3.63) is 23.9 Å². The van der Waals surface area contributed by atoms with E-state index in [0.29, 0.717) is 5.56 Å². The van der Waals surface area contributed by atoms with Gasteiger partial charge in [0.25, 0.3) is 5.91 Å². The fraction of sp³-hybridized carbons (Fsp3) is 0.500. The van der Waals surface area contributed by atoms with Gasteiger partial charge < -0.3 is 10.6 Å². The summed E-state index contributed by atoms with van der Waals surface area (Å²) in [4.78, 5) is 15.8. The number of pyridine rings is 1. The molecule has 1 aromatic rings. The zero-order valence-electron chi connectivity index (χ0n) is 10.1. The lowest BCUT2D eigenvalue weighted by atomic mass is 10.2. The SMILES string of the molecule is CCCNc1ccc(C(=O)NC(C)C)cn1. The number of anilines is 1. The molecule has 0 aromatic carbocycles. The Kier molecular flexibility index (Phi) is 4.76. The summed E-state index contributed by atoms with van der Waals surface area (Å²) in [6, 6.07) is 3.75. The molecule has 0 unspecified atom stereocenters. The maximum Gasteiger partial charge on any atom is 0.253 e. The number of nitrogens with one attached hydrogen (secondary N) is 2. The number of aromatic nitrogens is 1. The maximum atomic E-state index is 11.6. The Hall–Kier alpha value is -1.58. The van der Waals surface area contributed by atoms with Crippen LogP contribution in [0.2, 0.25) is 0 Å². The van der Waals surface area contributed by atoms with Gasteiger partial charge in [0.2, 0.25) is 0 Å². The van der Waals surface area contributed by atoms with Gasteiger partial charge in [0.1, 0.15) is 5.82 Å².